The molecule has 1 aliphatic rings. The van der Waals surface area contributed by atoms with Crippen LogP contribution in [0.4, 0.5) is 0 Å². The molecule has 2 aromatic heterocycles. The van der Waals surface area contributed by atoms with E-state index in [9.17, 15) is 15.0 Å². The maximum Gasteiger partial charge on any atom is 0.351 e. The van der Waals surface area contributed by atoms with Crippen LogP contribution in [-0.4, -0.2) is 43.6 Å². The number of unbranched alkanes of at least 4 members (excludes halogenated alkanes) is 3. The van der Waals surface area contributed by atoms with E-state index in [0.29, 0.717) is 5.65 Å². The maximum absolute atomic E-state index is 12.2. The van der Waals surface area contributed by atoms with Crippen molar-refractivity contribution in [2.75, 3.05) is 6.61 Å². The van der Waals surface area contributed by atoms with Crippen molar-refractivity contribution in [2.45, 2.75) is 63.9 Å². The number of rotatable bonds is 7. The molecule has 1 fully saturated rings. The number of nitrogens with zero attached hydrogens (tertiary/aromatic N) is 2. The third-order valence-corrected chi connectivity index (χ3v) is 4.58. The van der Waals surface area contributed by atoms with Gasteiger partial charge in [0.25, 0.3) is 0 Å². The van der Waals surface area contributed by atoms with Gasteiger partial charge in [-0.25, -0.2) is 4.79 Å². The second-order valence-corrected chi connectivity index (χ2v) is 6.45. The average molecular weight is 335 g/mol. The number of nitrogens with one attached hydrogen (secondary N) is 1. The molecule has 0 saturated carbocycles. The first-order chi connectivity index (χ1) is 11.6. The van der Waals surface area contributed by atoms with Gasteiger partial charge in [-0.3, -0.25) is 4.57 Å². The highest BCUT2D eigenvalue weighted by atomic mass is 16.5. The van der Waals surface area contributed by atoms with Gasteiger partial charge < -0.3 is 19.9 Å². The highest BCUT2D eigenvalue weighted by Crippen LogP contribution is 2.28. The molecule has 0 amide bonds. The van der Waals surface area contributed by atoms with Crippen molar-refractivity contribution in [3.8, 4) is 0 Å². The molecule has 0 aliphatic carbocycles. The van der Waals surface area contributed by atoms with E-state index in [2.05, 4.69) is 16.9 Å². The van der Waals surface area contributed by atoms with E-state index < -0.39 is 24.1 Å². The molecule has 24 heavy (non-hydrogen) atoms. The summed E-state index contributed by atoms with van der Waals surface area (Å²) in [5.41, 5.74) is 1.24. The Balaban J connectivity index is 1.78. The third kappa shape index (κ3) is 3.53. The minimum absolute atomic E-state index is 0.270. The Bertz CT molecular complexity index is 739. The Morgan fingerprint density at radius 3 is 2.96 bits per heavy atom. The first kappa shape index (κ1) is 17.1. The zero-order valence-corrected chi connectivity index (χ0v) is 13.9. The summed E-state index contributed by atoms with van der Waals surface area (Å²) in [6, 6.07) is 2.01. The molecule has 3 rings (SSSR count). The molecule has 0 radical (unpaired) electrons. The topological polar surface area (TPSA) is 100 Å². The van der Waals surface area contributed by atoms with E-state index in [1.807, 2.05) is 6.07 Å². The smallest absolute Gasteiger partial charge is 0.351 e. The predicted molar refractivity (Wildman–Crippen MR) is 89.8 cm³/mol. The van der Waals surface area contributed by atoms with Crippen LogP contribution in [0.15, 0.2) is 17.1 Å². The number of hydrogen-bond donors (Lipinski definition) is 3. The fraction of sp³-hybridized carbons (Fsp3) is 0.647. The Morgan fingerprint density at radius 2 is 2.25 bits per heavy atom. The Morgan fingerprint density at radius 1 is 1.42 bits per heavy atom. The van der Waals surface area contributed by atoms with Crippen molar-refractivity contribution >= 4 is 11.0 Å². The summed E-state index contributed by atoms with van der Waals surface area (Å²) < 4.78 is 6.95. The summed E-state index contributed by atoms with van der Waals surface area (Å²) in [5.74, 6) is 0. The first-order valence-corrected chi connectivity index (χ1v) is 8.67. The van der Waals surface area contributed by atoms with Crippen LogP contribution < -0.4 is 5.69 Å². The quantitative estimate of drug-likeness (QED) is 0.666. The SMILES string of the molecule is CCCCCCc1cc2cn([C@H]3C[C@H](O)[C@@H](CO)O3)c(=O)nc2[nH]1. The molecule has 0 bridgehead atoms. The van der Waals surface area contributed by atoms with Gasteiger partial charge in [-0.15, -0.1) is 0 Å². The van der Waals surface area contributed by atoms with Gasteiger partial charge in [0.2, 0.25) is 0 Å². The van der Waals surface area contributed by atoms with Gasteiger partial charge in [0.05, 0.1) is 12.7 Å². The molecule has 1 aliphatic heterocycles. The lowest BCUT2D eigenvalue weighted by molar-refractivity contribution is -0.0457. The van der Waals surface area contributed by atoms with E-state index >= 15 is 0 Å². The van der Waals surface area contributed by atoms with E-state index in [1.54, 1.807) is 6.20 Å². The second kappa shape index (κ2) is 7.46. The molecule has 0 aromatic carbocycles. The summed E-state index contributed by atoms with van der Waals surface area (Å²) in [6.45, 7) is 1.92. The van der Waals surface area contributed by atoms with Crippen molar-refractivity contribution in [1.82, 2.24) is 14.5 Å². The summed E-state index contributed by atoms with van der Waals surface area (Å²) in [6.07, 6.45) is 5.65. The van der Waals surface area contributed by atoms with Crippen LogP contribution in [0, 0.1) is 0 Å². The lowest BCUT2D eigenvalue weighted by Gasteiger charge is -2.14. The minimum atomic E-state index is -0.775. The van der Waals surface area contributed by atoms with Crippen molar-refractivity contribution in [2.24, 2.45) is 0 Å². The van der Waals surface area contributed by atoms with Crippen LogP contribution >= 0.6 is 0 Å². The van der Waals surface area contributed by atoms with Crippen molar-refractivity contribution in [3.05, 3.63) is 28.4 Å². The number of aromatic amines is 1. The summed E-state index contributed by atoms with van der Waals surface area (Å²) in [4.78, 5) is 19.5. The van der Waals surface area contributed by atoms with Gasteiger partial charge in [-0.2, -0.15) is 4.98 Å². The maximum atomic E-state index is 12.2. The Hall–Kier alpha value is -1.70. The highest BCUT2D eigenvalue weighted by Gasteiger charge is 2.35. The molecule has 1 saturated heterocycles. The number of fused-ring (bicyclic) bond motifs is 1. The lowest BCUT2D eigenvalue weighted by Crippen LogP contribution is -2.27. The number of aryl methyl sites for hydroxylation is 1. The van der Waals surface area contributed by atoms with Gasteiger partial charge in [0.1, 0.15) is 18.0 Å². The molecular formula is C17H25N3O4. The van der Waals surface area contributed by atoms with Gasteiger partial charge in [-0.1, -0.05) is 26.2 Å². The molecule has 0 unspecified atom stereocenters. The number of aliphatic hydroxyl groups excluding tert-OH is 2. The van der Waals surface area contributed by atoms with Crippen LogP contribution in [0.1, 0.15) is 50.9 Å². The van der Waals surface area contributed by atoms with E-state index in [-0.39, 0.29) is 13.0 Å². The molecule has 7 nitrogen and oxygen atoms in total. The molecule has 0 spiro atoms. The van der Waals surface area contributed by atoms with Crippen molar-refractivity contribution in [1.29, 1.82) is 0 Å². The largest absolute Gasteiger partial charge is 0.394 e. The van der Waals surface area contributed by atoms with Crippen molar-refractivity contribution in [3.63, 3.8) is 0 Å². The zero-order valence-electron chi connectivity index (χ0n) is 13.9. The standard InChI is InChI=1S/C17H25N3O4/c1-2-3-4-5-6-12-7-11-9-20(17(23)19-16(11)18-12)15-8-13(22)14(10-21)24-15/h7,9,13-15,21-22H,2-6,8,10H2,1H3,(H,18,19,23)/t13-,14+,15+/m0/s1. The van der Waals surface area contributed by atoms with Gasteiger partial charge >= 0.3 is 5.69 Å². The lowest BCUT2D eigenvalue weighted by atomic mass is 10.1. The van der Waals surface area contributed by atoms with Gasteiger partial charge in [-0.05, 0) is 18.9 Å². The fourth-order valence-corrected chi connectivity index (χ4v) is 3.20. The number of aromatic nitrogens is 3. The normalized spacial score (nSPS) is 24.0. The average Bonchev–Trinajstić information content (AvgIpc) is 3.13. The minimum Gasteiger partial charge on any atom is -0.394 e. The monoisotopic (exact) mass is 335 g/mol. The molecule has 7 heteroatoms. The molecule has 3 heterocycles. The number of aliphatic hydroxyl groups is 2. The summed E-state index contributed by atoms with van der Waals surface area (Å²) in [5, 5.41) is 19.9. The van der Waals surface area contributed by atoms with E-state index in [1.165, 1.54) is 23.8 Å². The number of ether oxygens (including phenoxy) is 1. The molecule has 3 atom stereocenters. The summed E-state index contributed by atoms with van der Waals surface area (Å²) in [7, 11) is 0. The Kier molecular flexibility index (Phi) is 5.33. The predicted octanol–water partition coefficient (Wildman–Crippen LogP) is 1.49. The van der Waals surface area contributed by atoms with E-state index in [0.717, 1.165) is 23.9 Å². The van der Waals surface area contributed by atoms with Crippen LogP contribution in [0.2, 0.25) is 0 Å². The van der Waals surface area contributed by atoms with Crippen LogP contribution in [0.5, 0.6) is 0 Å². The number of H-pyrrole nitrogens is 1. The third-order valence-electron chi connectivity index (χ3n) is 4.58. The van der Waals surface area contributed by atoms with Gasteiger partial charge in [0.15, 0.2) is 0 Å². The Labute approximate surface area is 140 Å². The second-order valence-electron chi connectivity index (χ2n) is 6.45. The van der Waals surface area contributed by atoms with Crippen LogP contribution in [0.3, 0.4) is 0 Å². The molecule has 3 N–H and O–H groups in total. The summed E-state index contributed by atoms with van der Waals surface area (Å²) >= 11 is 0. The van der Waals surface area contributed by atoms with Crippen LogP contribution in [-0.2, 0) is 11.2 Å². The first-order valence-electron chi connectivity index (χ1n) is 8.67. The molecule has 132 valence electrons. The molecular weight excluding hydrogens is 310 g/mol. The highest BCUT2D eigenvalue weighted by molar-refractivity contribution is 5.75. The number of hydrogen-bond acceptors (Lipinski definition) is 5. The van der Waals surface area contributed by atoms with Gasteiger partial charge in [0, 0.05) is 23.7 Å². The molecule has 2 aromatic rings. The fourth-order valence-electron chi connectivity index (χ4n) is 3.20. The zero-order chi connectivity index (χ0) is 17.1. The van der Waals surface area contributed by atoms with E-state index in [4.69, 9.17) is 4.74 Å². The van der Waals surface area contributed by atoms with Crippen molar-refractivity contribution < 1.29 is 14.9 Å². The van der Waals surface area contributed by atoms with Crippen LogP contribution in [0.25, 0.3) is 11.0 Å².